The molecule has 4 aliphatic heterocycles. The lowest BCUT2D eigenvalue weighted by Gasteiger charge is -2.43. The van der Waals surface area contributed by atoms with Crippen LogP contribution >= 0.6 is 0 Å². The monoisotopic (exact) mass is 768 g/mol. The summed E-state index contributed by atoms with van der Waals surface area (Å²) in [5.41, 5.74) is 6.33. The van der Waals surface area contributed by atoms with Crippen LogP contribution in [0.4, 0.5) is 34.6 Å². The Morgan fingerprint density at radius 2 is 1.53 bits per heavy atom. The largest absolute Gasteiger partial charge is 0.371 e. The molecule has 292 valence electrons. The van der Waals surface area contributed by atoms with E-state index in [1.54, 1.807) is 23.0 Å². The smallest absolute Gasteiger partial charge is 0.262 e. The number of hydrogen-bond acceptors (Lipinski definition) is 13. The Hall–Kier alpha value is -6.42. The molecule has 16 nitrogen and oxygen atoms in total. The fourth-order valence-electron chi connectivity index (χ4n) is 8.56. The van der Waals surface area contributed by atoms with E-state index < -0.39 is 23.8 Å². The van der Waals surface area contributed by atoms with E-state index in [4.69, 9.17) is 9.97 Å². The van der Waals surface area contributed by atoms with E-state index in [-0.39, 0.29) is 18.7 Å². The van der Waals surface area contributed by atoms with Crippen molar-refractivity contribution < 1.29 is 19.2 Å². The summed E-state index contributed by atoms with van der Waals surface area (Å²) in [6.45, 7) is 9.45. The fraction of sp³-hybridized carbons (Fsp3) is 0.366. The molecule has 3 aromatic heterocycles. The number of pyridine rings is 1. The number of aryl methyl sites for hydroxylation is 3. The van der Waals surface area contributed by atoms with Gasteiger partial charge in [-0.3, -0.25) is 34.3 Å². The summed E-state index contributed by atoms with van der Waals surface area (Å²) in [4.78, 5) is 72.8. The van der Waals surface area contributed by atoms with Crippen LogP contribution in [-0.2, 0) is 16.6 Å². The third-order valence-corrected chi connectivity index (χ3v) is 11.7. The van der Waals surface area contributed by atoms with Crippen molar-refractivity contribution in [3.8, 4) is 0 Å². The van der Waals surface area contributed by atoms with Crippen LogP contribution in [0.15, 0.2) is 60.9 Å². The number of nitrogens with zero attached hydrogens (tertiary/aromatic N) is 9. The molecule has 0 radical (unpaired) electrons. The van der Waals surface area contributed by atoms with E-state index in [9.17, 15) is 19.2 Å². The first-order valence-corrected chi connectivity index (χ1v) is 19.5. The second kappa shape index (κ2) is 14.6. The number of carbonyl (C=O) groups is 4. The molecule has 57 heavy (non-hydrogen) atoms. The lowest BCUT2D eigenvalue weighted by molar-refractivity contribution is -0.136. The molecule has 0 aliphatic carbocycles. The third-order valence-electron chi connectivity index (χ3n) is 11.7. The summed E-state index contributed by atoms with van der Waals surface area (Å²) in [7, 11) is 1.88. The first-order chi connectivity index (χ1) is 27.6. The van der Waals surface area contributed by atoms with Gasteiger partial charge >= 0.3 is 0 Å². The molecule has 2 aromatic carbocycles. The number of carbonyl (C=O) groups excluding carboxylic acids is 4. The van der Waals surface area contributed by atoms with E-state index in [0.717, 1.165) is 96.4 Å². The van der Waals surface area contributed by atoms with E-state index in [1.165, 1.54) is 0 Å². The average Bonchev–Trinajstić information content (AvgIpc) is 3.66. The number of amides is 4. The fourth-order valence-corrected chi connectivity index (χ4v) is 8.56. The highest BCUT2D eigenvalue weighted by molar-refractivity contribution is 6.23. The maximum Gasteiger partial charge on any atom is 0.262 e. The number of hydrogen-bond donors (Lipinski definition) is 3. The van der Waals surface area contributed by atoms with Crippen molar-refractivity contribution in [2.45, 2.75) is 51.6 Å². The van der Waals surface area contributed by atoms with Gasteiger partial charge in [-0.2, -0.15) is 10.1 Å². The molecule has 0 saturated carbocycles. The van der Waals surface area contributed by atoms with Crippen molar-refractivity contribution in [3.63, 3.8) is 0 Å². The van der Waals surface area contributed by atoms with Crippen molar-refractivity contribution in [2.24, 2.45) is 7.05 Å². The molecule has 3 N–H and O–H groups in total. The Morgan fingerprint density at radius 1 is 0.772 bits per heavy atom. The molecule has 1 atom stereocenters. The van der Waals surface area contributed by atoms with E-state index >= 15 is 0 Å². The standard InChI is InChI=1S/C41H44N12O4/c1-24-5-4-6-25(2)35(24)46-36-31-23-43-41(47-37(31)49(3)48-36)44-26-7-11-33(42-22-26)52-19-17-51(18-20-52)27-13-15-50(16-14-27)28-8-9-29-30(21-28)40(57)53(39(29)56)32-10-12-34(54)45-38(32)55/h4-9,11,21-23,27,32H,10,12-20H2,1-3H3,(H,46,48)(H,43,44,47)(H,45,54,55). The van der Waals surface area contributed by atoms with Crippen LogP contribution in [0.25, 0.3) is 11.0 Å². The van der Waals surface area contributed by atoms with Gasteiger partial charge in [-0.05, 0) is 74.6 Å². The van der Waals surface area contributed by atoms with Crippen LogP contribution in [0.3, 0.4) is 0 Å². The van der Waals surface area contributed by atoms with Crippen molar-refractivity contribution in [1.29, 1.82) is 0 Å². The Bertz CT molecular complexity index is 2390. The highest BCUT2D eigenvalue weighted by Crippen LogP contribution is 2.33. The van der Waals surface area contributed by atoms with Gasteiger partial charge in [-0.25, -0.2) is 14.6 Å². The van der Waals surface area contributed by atoms with Gasteiger partial charge in [0.05, 0.1) is 28.4 Å². The molecular weight excluding hydrogens is 725 g/mol. The molecule has 4 aliphatic rings. The number of imide groups is 2. The molecule has 0 bridgehead atoms. The van der Waals surface area contributed by atoms with Crippen LogP contribution < -0.4 is 25.8 Å². The number of nitrogens with one attached hydrogen (secondary N) is 3. The van der Waals surface area contributed by atoms with Gasteiger partial charge in [0, 0.05) is 76.4 Å². The minimum Gasteiger partial charge on any atom is -0.371 e. The van der Waals surface area contributed by atoms with Crippen LogP contribution in [0.5, 0.6) is 0 Å². The SMILES string of the molecule is Cc1cccc(C)c1Nc1nn(C)c2nc(Nc3ccc(N4CCN(C5CCN(c6ccc7c(c6)C(=O)N(C6CCC(=O)NC6=O)C7=O)CC5)CC4)nc3)ncc12. The summed E-state index contributed by atoms with van der Waals surface area (Å²) in [6, 6.07) is 15.1. The summed E-state index contributed by atoms with van der Waals surface area (Å²) in [5, 5.41) is 14.5. The Kier molecular flexibility index (Phi) is 9.27. The molecule has 4 amide bonds. The quantitative estimate of drug-likeness (QED) is 0.193. The Balaban J connectivity index is 0.770. The molecule has 3 saturated heterocycles. The van der Waals surface area contributed by atoms with Crippen LogP contribution in [0.1, 0.15) is 57.5 Å². The zero-order valence-corrected chi connectivity index (χ0v) is 32.2. The van der Waals surface area contributed by atoms with Gasteiger partial charge in [0.15, 0.2) is 11.5 Å². The second-order valence-corrected chi connectivity index (χ2v) is 15.2. The first kappa shape index (κ1) is 36.2. The number of piperidine rings is 2. The molecule has 7 heterocycles. The summed E-state index contributed by atoms with van der Waals surface area (Å²) in [5.74, 6) is 0.157. The predicted octanol–water partition coefficient (Wildman–Crippen LogP) is 4.05. The van der Waals surface area contributed by atoms with Crippen molar-refractivity contribution in [2.75, 3.05) is 59.7 Å². The number of piperazine rings is 1. The number of rotatable bonds is 8. The highest BCUT2D eigenvalue weighted by atomic mass is 16.2. The van der Waals surface area contributed by atoms with Gasteiger partial charge in [-0.15, -0.1) is 0 Å². The summed E-state index contributed by atoms with van der Waals surface area (Å²) in [6.07, 6.45) is 5.82. The third kappa shape index (κ3) is 6.79. The van der Waals surface area contributed by atoms with E-state index in [2.05, 4.69) is 66.7 Å². The maximum atomic E-state index is 13.4. The Morgan fingerprint density at radius 3 is 2.25 bits per heavy atom. The van der Waals surface area contributed by atoms with E-state index in [1.807, 2.05) is 37.5 Å². The number of aromatic nitrogens is 5. The molecule has 16 heteroatoms. The van der Waals surface area contributed by atoms with Crippen molar-refractivity contribution in [3.05, 3.63) is 83.2 Å². The van der Waals surface area contributed by atoms with Crippen LogP contribution in [0, 0.1) is 13.8 Å². The second-order valence-electron chi connectivity index (χ2n) is 15.2. The van der Waals surface area contributed by atoms with Crippen LogP contribution in [0.2, 0.25) is 0 Å². The first-order valence-electron chi connectivity index (χ1n) is 19.5. The van der Waals surface area contributed by atoms with Gasteiger partial charge in [0.25, 0.3) is 11.8 Å². The Labute approximate surface area is 329 Å². The molecule has 5 aromatic rings. The van der Waals surface area contributed by atoms with E-state index in [0.29, 0.717) is 34.6 Å². The van der Waals surface area contributed by atoms with Crippen molar-refractivity contribution in [1.82, 2.24) is 39.8 Å². The molecular formula is C41H44N12O4. The van der Waals surface area contributed by atoms with Gasteiger partial charge in [-0.1, -0.05) is 18.2 Å². The van der Waals surface area contributed by atoms with Gasteiger partial charge < -0.3 is 20.4 Å². The van der Waals surface area contributed by atoms with Crippen LogP contribution in [-0.4, -0.2) is 110 Å². The van der Waals surface area contributed by atoms with Crippen molar-refractivity contribution >= 4 is 69.3 Å². The molecule has 1 unspecified atom stereocenters. The average molecular weight is 769 g/mol. The maximum absolute atomic E-state index is 13.4. The number of para-hydroxylation sites is 1. The van der Waals surface area contributed by atoms with Gasteiger partial charge in [0.2, 0.25) is 17.8 Å². The minimum absolute atomic E-state index is 0.0957. The lowest BCUT2D eigenvalue weighted by atomic mass is 10.0. The number of benzene rings is 2. The minimum atomic E-state index is -0.969. The number of fused-ring (bicyclic) bond motifs is 2. The lowest BCUT2D eigenvalue weighted by Crippen LogP contribution is -2.54. The molecule has 0 spiro atoms. The summed E-state index contributed by atoms with van der Waals surface area (Å²) >= 11 is 0. The zero-order chi connectivity index (χ0) is 39.4. The highest BCUT2D eigenvalue weighted by Gasteiger charge is 2.45. The van der Waals surface area contributed by atoms with Gasteiger partial charge in [0.1, 0.15) is 11.9 Å². The zero-order valence-electron chi connectivity index (χ0n) is 32.2. The normalized spacial score (nSPS) is 19.4. The summed E-state index contributed by atoms with van der Waals surface area (Å²) < 4.78 is 1.76. The molecule has 3 fully saturated rings. The predicted molar refractivity (Wildman–Crippen MR) is 215 cm³/mol. The number of anilines is 6. The molecule has 9 rings (SSSR count). The topological polar surface area (TPSA) is 174 Å².